The molecule has 0 fully saturated rings. The van der Waals surface area contributed by atoms with E-state index in [2.05, 4.69) is 34.8 Å². The van der Waals surface area contributed by atoms with Gasteiger partial charge in [-0.1, -0.05) is 43.1 Å². The standard InChI is InChI=1S/C17H16Cl2N4O2/c1-17(2)6-10-13(11(24)7-17)14(12-8(18)4-3-5-9(12)19)21-16-15(20-10)22-25-23-16/h3-5,14H,6-7H2,1-2H3,(H,20,22)(H,21,23). The number of nitrogens with zero attached hydrogens (tertiary/aromatic N) is 2. The highest BCUT2D eigenvalue weighted by Gasteiger charge is 2.40. The van der Waals surface area contributed by atoms with Gasteiger partial charge in [-0.3, -0.25) is 4.79 Å². The topological polar surface area (TPSA) is 80.1 Å². The van der Waals surface area contributed by atoms with Crippen LogP contribution in [0.4, 0.5) is 11.6 Å². The maximum atomic E-state index is 13.0. The van der Waals surface area contributed by atoms with Gasteiger partial charge < -0.3 is 10.6 Å². The van der Waals surface area contributed by atoms with Gasteiger partial charge in [0.25, 0.3) is 0 Å². The van der Waals surface area contributed by atoms with Gasteiger partial charge in [0, 0.05) is 33.3 Å². The lowest BCUT2D eigenvalue weighted by Crippen LogP contribution is -2.31. The third-order valence-corrected chi connectivity index (χ3v) is 5.20. The van der Waals surface area contributed by atoms with Crippen molar-refractivity contribution in [2.24, 2.45) is 5.41 Å². The van der Waals surface area contributed by atoms with Crippen LogP contribution < -0.4 is 10.6 Å². The Kier molecular flexibility index (Phi) is 3.77. The summed E-state index contributed by atoms with van der Waals surface area (Å²) in [4.78, 5) is 13.0. The van der Waals surface area contributed by atoms with E-state index in [4.69, 9.17) is 27.8 Å². The fourth-order valence-electron chi connectivity index (χ4n) is 3.50. The molecule has 0 spiro atoms. The van der Waals surface area contributed by atoms with Crippen LogP contribution >= 0.6 is 23.2 Å². The van der Waals surface area contributed by atoms with Crippen LogP contribution in [0.15, 0.2) is 34.1 Å². The molecule has 0 amide bonds. The maximum Gasteiger partial charge on any atom is 0.219 e. The summed E-state index contributed by atoms with van der Waals surface area (Å²) in [6.45, 7) is 4.13. The van der Waals surface area contributed by atoms with Gasteiger partial charge in [0.05, 0.1) is 6.04 Å². The first-order valence-corrected chi connectivity index (χ1v) is 8.67. The number of Topliss-reactive ketones (excluding diaryl/α,β-unsaturated/α-hetero) is 1. The Balaban J connectivity index is 1.94. The molecule has 8 heteroatoms. The van der Waals surface area contributed by atoms with Gasteiger partial charge in [-0.25, -0.2) is 4.63 Å². The molecule has 2 heterocycles. The Morgan fingerprint density at radius 3 is 2.56 bits per heavy atom. The lowest BCUT2D eigenvalue weighted by atomic mass is 9.73. The van der Waals surface area contributed by atoms with Crippen LogP contribution in [0.25, 0.3) is 0 Å². The fraction of sp³-hybridized carbons (Fsp3) is 0.353. The summed E-state index contributed by atoms with van der Waals surface area (Å²) in [7, 11) is 0. The fourth-order valence-corrected chi connectivity index (χ4v) is 4.12. The summed E-state index contributed by atoms with van der Waals surface area (Å²) in [5, 5.41) is 15.2. The molecule has 0 saturated carbocycles. The number of carbonyl (C=O) groups excluding carboxylic acids is 1. The first-order valence-electron chi connectivity index (χ1n) is 7.92. The molecule has 25 heavy (non-hydrogen) atoms. The normalized spacial score (nSPS) is 21.8. The first kappa shape index (κ1) is 16.4. The zero-order chi connectivity index (χ0) is 17.8. The van der Waals surface area contributed by atoms with E-state index in [-0.39, 0.29) is 11.2 Å². The minimum atomic E-state index is -0.527. The van der Waals surface area contributed by atoms with E-state index in [1.807, 2.05) is 0 Å². The third-order valence-electron chi connectivity index (χ3n) is 4.54. The molecule has 1 aliphatic carbocycles. The second kappa shape index (κ2) is 5.75. The van der Waals surface area contributed by atoms with Crippen molar-refractivity contribution in [3.63, 3.8) is 0 Å². The minimum Gasteiger partial charge on any atom is -0.353 e. The summed E-state index contributed by atoms with van der Waals surface area (Å²) < 4.78 is 4.83. The number of rotatable bonds is 1. The smallest absolute Gasteiger partial charge is 0.219 e. The van der Waals surface area contributed by atoms with Gasteiger partial charge in [-0.15, -0.1) is 0 Å². The minimum absolute atomic E-state index is 0.0503. The molecule has 1 atom stereocenters. The molecule has 6 nitrogen and oxygen atoms in total. The number of carbonyl (C=O) groups is 1. The molecule has 4 rings (SSSR count). The molecule has 130 valence electrons. The molecule has 2 aliphatic rings. The number of halogens is 2. The average Bonchev–Trinajstić information content (AvgIpc) is 2.86. The highest BCUT2D eigenvalue weighted by molar-refractivity contribution is 6.36. The number of benzene rings is 1. The summed E-state index contributed by atoms with van der Waals surface area (Å²) in [6, 6.07) is 4.75. The largest absolute Gasteiger partial charge is 0.353 e. The van der Waals surface area contributed by atoms with E-state index in [9.17, 15) is 4.79 Å². The molecule has 1 aromatic heterocycles. The monoisotopic (exact) mass is 378 g/mol. The van der Waals surface area contributed by atoms with Gasteiger partial charge in [0.15, 0.2) is 5.78 Å². The van der Waals surface area contributed by atoms with Crippen molar-refractivity contribution in [1.29, 1.82) is 0 Å². The number of anilines is 2. The van der Waals surface area contributed by atoms with Crippen molar-refractivity contribution < 1.29 is 9.42 Å². The van der Waals surface area contributed by atoms with Crippen LogP contribution in [-0.2, 0) is 4.79 Å². The molecule has 0 radical (unpaired) electrons. The Hall–Kier alpha value is -2.05. The number of fused-ring (bicyclic) bond motifs is 1. The second-order valence-corrected chi connectivity index (χ2v) is 7.95. The lowest BCUT2D eigenvalue weighted by Gasteiger charge is -2.34. The second-order valence-electron chi connectivity index (χ2n) is 7.13. The maximum absolute atomic E-state index is 13.0. The van der Waals surface area contributed by atoms with Gasteiger partial charge in [0.2, 0.25) is 11.6 Å². The van der Waals surface area contributed by atoms with Crippen LogP contribution in [0, 0.1) is 5.41 Å². The zero-order valence-electron chi connectivity index (χ0n) is 13.7. The number of hydrogen-bond donors (Lipinski definition) is 2. The van der Waals surface area contributed by atoms with Crippen LogP contribution in [0.3, 0.4) is 0 Å². The molecule has 1 unspecified atom stereocenters. The molecular weight excluding hydrogens is 363 g/mol. The summed E-state index contributed by atoms with van der Waals surface area (Å²) >= 11 is 12.8. The number of allylic oxidation sites excluding steroid dienone is 1. The Morgan fingerprint density at radius 2 is 1.84 bits per heavy atom. The van der Waals surface area contributed by atoms with Gasteiger partial charge in [-0.2, -0.15) is 0 Å². The van der Waals surface area contributed by atoms with Crippen molar-refractivity contribution in [1.82, 2.24) is 10.3 Å². The molecule has 2 N–H and O–H groups in total. The lowest BCUT2D eigenvalue weighted by molar-refractivity contribution is -0.118. The predicted octanol–water partition coefficient (Wildman–Crippen LogP) is 4.60. The van der Waals surface area contributed by atoms with Gasteiger partial charge in [0.1, 0.15) is 0 Å². The molecule has 2 aromatic rings. The van der Waals surface area contributed by atoms with Crippen molar-refractivity contribution in [2.75, 3.05) is 10.6 Å². The first-order chi connectivity index (χ1) is 11.9. The van der Waals surface area contributed by atoms with E-state index >= 15 is 0 Å². The van der Waals surface area contributed by atoms with Crippen LogP contribution in [0.5, 0.6) is 0 Å². The van der Waals surface area contributed by atoms with Gasteiger partial charge >= 0.3 is 0 Å². The molecule has 1 aliphatic heterocycles. The van der Waals surface area contributed by atoms with Crippen LogP contribution in [0.1, 0.15) is 38.3 Å². The van der Waals surface area contributed by atoms with E-state index in [1.54, 1.807) is 18.2 Å². The van der Waals surface area contributed by atoms with E-state index in [1.165, 1.54) is 0 Å². The van der Waals surface area contributed by atoms with E-state index < -0.39 is 6.04 Å². The van der Waals surface area contributed by atoms with E-state index in [0.717, 1.165) is 5.70 Å². The molecule has 0 bridgehead atoms. The highest BCUT2D eigenvalue weighted by atomic mass is 35.5. The number of nitrogens with one attached hydrogen (secondary N) is 2. The SMILES string of the molecule is CC1(C)CC(=O)C2=C(C1)Nc1nonc1NC2c1c(Cl)cccc1Cl. The molecule has 1 aromatic carbocycles. The van der Waals surface area contributed by atoms with Crippen molar-refractivity contribution in [3.05, 3.63) is 45.1 Å². The number of hydrogen-bond acceptors (Lipinski definition) is 6. The van der Waals surface area contributed by atoms with Gasteiger partial charge in [-0.05, 0) is 34.3 Å². The van der Waals surface area contributed by atoms with Crippen molar-refractivity contribution in [3.8, 4) is 0 Å². The van der Waals surface area contributed by atoms with E-state index in [0.29, 0.717) is 45.7 Å². The summed E-state index contributed by atoms with van der Waals surface area (Å²) in [6.07, 6.45) is 1.14. The highest BCUT2D eigenvalue weighted by Crippen LogP contribution is 2.46. The quantitative estimate of drug-likeness (QED) is 0.754. The Bertz CT molecular complexity index is 884. The Morgan fingerprint density at radius 1 is 1.16 bits per heavy atom. The number of aromatic nitrogens is 2. The van der Waals surface area contributed by atoms with Crippen LogP contribution in [-0.4, -0.2) is 16.1 Å². The Labute approximate surface area is 154 Å². The predicted molar refractivity (Wildman–Crippen MR) is 95.8 cm³/mol. The third kappa shape index (κ3) is 2.79. The van der Waals surface area contributed by atoms with Crippen molar-refractivity contribution in [2.45, 2.75) is 32.7 Å². The number of ketones is 1. The molecule has 0 saturated heterocycles. The average molecular weight is 379 g/mol. The zero-order valence-corrected chi connectivity index (χ0v) is 15.2. The van der Waals surface area contributed by atoms with Crippen molar-refractivity contribution >= 4 is 40.6 Å². The summed E-state index contributed by atoms with van der Waals surface area (Å²) in [5.41, 5.74) is 1.90. The molecular formula is C17H16Cl2N4O2. The summed E-state index contributed by atoms with van der Waals surface area (Å²) in [5.74, 6) is 0.916. The van der Waals surface area contributed by atoms with Crippen LogP contribution in [0.2, 0.25) is 10.0 Å².